The van der Waals surface area contributed by atoms with Gasteiger partial charge in [0.05, 0.1) is 26.9 Å². The van der Waals surface area contributed by atoms with Crippen LogP contribution >= 0.6 is 12.4 Å². The van der Waals surface area contributed by atoms with Crippen molar-refractivity contribution in [3.8, 4) is 23.0 Å². The SMILES string of the molecule is COc1cc(C(=N)N)ccc1OCc1c(OC)cccc1OC.Cl. The molecule has 0 aliphatic rings. The van der Waals surface area contributed by atoms with Crippen LogP contribution in [0.3, 0.4) is 0 Å². The monoisotopic (exact) mass is 352 g/mol. The Labute approximate surface area is 147 Å². The molecule has 7 heteroatoms. The average Bonchev–Trinajstić information content (AvgIpc) is 2.59. The third-order valence-corrected chi connectivity index (χ3v) is 3.38. The van der Waals surface area contributed by atoms with Crippen LogP contribution < -0.4 is 24.7 Å². The maximum absolute atomic E-state index is 7.47. The summed E-state index contributed by atoms with van der Waals surface area (Å²) in [5.41, 5.74) is 6.86. The van der Waals surface area contributed by atoms with Gasteiger partial charge in [-0.2, -0.15) is 0 Å². The molecule has 2 aromatic rings. The van der Waals surface area contributed by atoms with Gasteiger partial charge in [0.1, 0.15) is 23.9 Å². The van der Waals surface area contributed by atoms with Gasteiger partial charge in [0, 0.05) is 5.56 Å². The number of nitrogens with two attached hydrogens (primary N) is 1. The number of methoxy groups -OCH3 is 3. The van der Waals surface area contributed by atoms with Crippen molar-refractivity contribution < 1.29 is 18.9 Å². The van der Waals surface area contributed by atoms with E-state index in [2.05, 4.69) is 0 Å². The van der Waals surface area contributed by atoms with E-state index in [9.17, 15) is 0 Å². The Hall–Kier alpha value is -2.60. The van der Waals surface area contributed by atoms with Crippen LogP contribution in [-0.2, 0) is 6.61 Å². The molecule has 0 fully saturated rings. The number of benzene rings is 2. The lowest BCUT2D eigenvalue weighted by Crippen LogP contribution is -2.11. The maximum Gasteiger partial charge on any atom is 0.161 e. The van der Waals surface area contributed by atoms with Gasteiger partial charge in [-0.15, -0.1) is 12.4 Å². The summed E-state index contributed by atoms with van der Waals surface area (Å²) in [4.78, 5) is 0. The summed E-state index contributed by atoms with van der Waals surface area (Å²) in [5.74, 6) is 2.39. The standard InChI is InChI=1S/C17H20N2O4.ClH/c1-20-13-5-4-6-14(21-2)12(13)10-23-15-8-7-11(17(18)19)9-16(15)22-3;/h4-9H,10H2,1-3H3,(H3,18,19);1H. The molecule has 0 saturated carbocycles. The van der Waals surface area contributed by atoms with Crippen molar-refractivity contribution in [2.75, 3.05) is 21.3 Å². The van der Waals surface area contributed by atoms with Gasteiger partial charge in [-0.25, -0.2) is 0 Å². The Morgan fingerprint density at radius 3 is 2.00 bits per heavy atom. The lowest BCUT2D eigenvalue weighted by Gasteiger charge is -2.15. The fourth-order valence-electron chi connectivity index (χ4n) is 2.17. The predicted molar refractivity (Wildman–Crippen MR) is 95.1 cm³/mol. The van der Waals surface area contributed by atoms with Crippen molar-refractivity contribution in [3.63, 3.8) is 0 Å². The maximum atomic E-state index is 7.47. The molecular formula is C17H21ClN2O4. The Morgan fingerprint density at radius 1 is 0.917 bits per heavy atom. The first-order valence-corrected chi connectivity index (χ1v) is 6.95. The highest BCUT2D eigenvalue weighted by molar-refractivity contribution is 5.95. The first-order valence-electron chi connectivity index (χ1n) is 6.95. The van der Waals surface area contributed by atoms with E-state index < -0.39 is 0 Å². The summed E-state index contributed by atoms with van der Waals surface area (Å²) < 4.78 is 21.8. The van der Waals surface area contributed by atoms with Crippen molar-refractivity contribution in [2.24, 2.45) is 5.73 Å². The van der Waals surface area contributed by atoms with Crippen molar-refractivity contribution in [1.29, 1.82) is 5.41 Å². The minimum atomic E-state index is -0.0266. The molecule has 0 atom stereocenters. The average molecular weight is 353 g/mol. The molecule has 0 aromatic heterocycles. The smallest absolute Gasteiger partial charge is 0.161 e. The zero-order valence-electron chi connectivity index (χ0n) is 13.8. The van der Waals surface area contributed by atoms with Gasteiger partial charge in [-0.3, -0.25) is 5.41 Å². The summed E-state index contributed by atoms with van der Waals surface area (Å²) in [6.07, 6.45) is 0. The summed E-state index contributed by atoms with van der Waals surface area (Å²) in [6.45, 7) is 0.253. The van der Waals surface area contributed by atoms with E-state index in [0.717, 1.165) is 5.56 Å². The van der Waals surface area contributed by atoms with Crippen molar-refractivity contribution in [3.05, 3.63) is 47.5 Å². The highest BCUT2D eigenvalue weighted by Crippen LogP contribution is 2.33. The summed E-state index contributed by atoms with van der Waals surface area (Å²) in [7, 11) is 4.73. The van der Waals surface area contributed by atoms with Crippen LogP contribution in [0.4, 0.5) is 0 Å². The Bertz CT molecular complexity index is 685. The highest BCUT2D eigenvalue weighted by atomic mass is 35.5. The van der Waals surface area contributed by atoms with Gasteiger partial charge in [0.25, 0.3) is 0 Å². The van der Waals surface area contributed by atoms with E-state index in [0.29, 0.717) is 28.6 Å². The van der Waals surface area contributed by atoms with Gasteiger partial charge >= 0.3 is 0 Å². The van der Waals surface area contributed by atoms with E-state index in [1.807, 2.05) is 18.2 Å². The normalized spacial score (nSPS) is 9.62. The molecular weight excluding hydrogens is 332 g/mol. The number of halogens is 1. The molecule has 2 rings (SSSR count). The molecule has 0 saturated heterocycles. The Morgan fingerprint density at radius 2 is 1.50 bits per heavy atom. The van der Waals surface area contributed by atoms with E-state index in [1.54, 1.807) is 32.4 Å². The van der Waals surface area contributed by atoms with Gasteiger partial charge < -0.3 is 24.7 Å². The van der Waals surface area contributed by atoms with Crippen molar-refractivity contribution in [1.82, 2.24) is 0 Å². The largest absolute Gasteiger partial charge is 0.496 e. The van der Waals surface area contributed by atoms with E-state index >= 15 is 0 Å². The number of amidine groups is 1. The molecule has 0 bridgehead atoms. The molecule has 130 valence electrons. The van der Waals surface area contributed by atoms with E-state index in [-0.39, 0.29) is 24.8 Å². The zero-order valence-corrected chi connectivity index (χ0v) is 14.6. The number of rotatable bonds is 7. The van der Waals surface area contributed by atoms with Gasteiger partial charge in [0.2, 0.25) is 0 Å². The van der Waals surface area contributed by atoms with Gasteiger partial charge in [0.15, 0.2) is 11.5 Å². The molecule has 6 nitrogen and oxygen atoms in total. The highest BCUT2D eigenvalue weighted by Gasteiger charge is 2.13. The molecule has 0 aliphatic heterocycles. The molecule has 24 heavy (non-hydrogen) atoms. The third-order valence-electron chi connectivity index (χ3n) is 3.38. The Balaban J connectivity index is 0.00000288. The second-order valence-corrected chi connectivity index (χ2v) is 4.71. The summed E-state index contributed by atoms with van der Waals surface area (Å²) in [6, 6.07) is 10.6. The summed E-state index contributed by atoms with van der Waals surface area (Å²) >= 11 is 0. The molecule has 0 amide bonds. The van der Waals surface area contributed by atoms with Crippen molar-refractivity contribution >= 4 is 18.2 Å². The molecule has 0 unspecified atom stereocenters. The minimum Gasteiger partial charge on any atom is -0.496 e. The second-order valence-electron chi connectivity index (χ2n) is 4.71. The predicted octanol–water partition coefficient (Wildman–Crippen LogP) is 3.00. The van der Waals surface area contributed by atoms with Crippen LogP contribution in [0, 0.1) is 5.41 Å². The van der Waals surface area contributed by atoms with Crippen molar-refractivity contribution in [2.45, 2.75) is 6.61 Å². The lowest BCUT2D eigenvalue weighted by molar-refractivity contribution is 0.270. The van der Waals surface area contributed by atoms with Gasteiger partial charge in [-0.1, -0.05) is 6.07 Å². The number of nitrogen functional groups attached to an aromatic ring is 1. The van der Waals surface area contributed by atoms with E-state index in [1.165, 1.54) is 7.11 Å². The number of nitrogens with one attached hydrogen (secondary N) is 1. The molecule has 3 N–H and O–H groups in total. The van der Waals surface area contributed by atoms with Gasteiger partial charge in [-0.05, 0) is 30.3 Å². The summed E-state index contributed by atoms with van der Waals surface area (Å²) in [5, 5.41) is 7.47. The topological polar surface area (TPSA) is 86.8 Å². The minimum absolute atomic E-state index is 0. The second kappa shape index (κ2) is 8.88. The van der Waals surface area contributed by atoms with Crippen LogP contribution in [0.5, 0.6) is 23.0 Å². The fourth-order valence-corrected chi connectivity index (χ4v) is 2.17. The zero-order chi connectivity index (χ0) is 16.8. The quantitative estimate of drug-likeness (QED) is 0.591. The van der Waals surface area contributed by atoms with Crippen LogP contribution in [-0.4, -0.2) is 27.2 Å². The van der Waals surface area contributed by atoms with Crippen LogP contribution in [0.1, 0.15) is 11.1 Å². The number of ether oxygens (including phenoxy) is 4. The molecule has 2 aromatic carbocycles. The fraction of sp³-hybridized carbons (Fsp3) is 0.235. The first kappa shape index (κ1) is 19.4. The van der Waals surface area contributed by atoms with E-state index in [4.69, 9.17) is 30.1 Å². The molecule has 0 aliphatic carbocycles. The molecule has 0 heterocycles. The molecule has 0 radical (unpaired) electrons. The van der Waals surface area contributed by atoms with Crippen LogP contribution in [0.15, 0.2) is 36.4 Å². The lowest BCUT2D eigenvalue weighted by atomic mass is 10.1. The third kappa shape index (κ3) is 4.23. The molecule has 0 spiro atoms. The van der Waals surface area contributed by atoms with Crippen LogP contribution in [0.25, 0.3) is 0 Å². The van der Waals surface area contributed by atoms with Crippen LogP contribution in [0.2, 0.25) is 0 Å². The number of hydrogen-bond donors (Lipinski definition) is 2. The number of hydrogen-bond acceptors (Lipinski definition) is 5. The first-order chi connectivity index (χ1) is 11.1. The Kier molecular flexibility index (Phi) is 7.20.